The van der Waals surface area contributed by atoms with Crippen LogP contribution in [0.2, 0.25) is 0 Å². The van der Waals surface area contributed by atoms with E-state index in [0.29, 0.717) is 0 Å². The molecule has 1 spiro atoms. The molecular formula is C68H61N. The summed E-state index contributed by atoms with van der Waals surface area (Å²) in [5.74, 6) is 0. The van der Waals surface area contributed by atoms with Gasteiger partial charge < -0.3 is 4.90 Å². The summed E-state index contributed by atoms with van der Waals surface area (Å²) >= 11 is 0. The van der Waals surface area contributed by atoms with Crippen LogP contribution >= 0.6 is 0 Å². The highest BCUT2D eigenvalue weighted by atomic mass is 15.1. The Kier molecular flexibility index (Phi) is 9.45. The van der Waals surface area contributed by atoms with E-state index in [-0.39, 0.29) is 16.2 Å². The third-order valence-corrected chi connectivity index (χ3v) is 15.9. The maximum atomic E-state index is 2.53. The fraction of sp³-hybridized carbons (Fsp3) is 0.206. The van der Waals surface area contributed by atoms with Crippen molar-refractivity contribution in [2.75, 3.05) is 4.90 Å². The molecule has 69 heavy (non-hydrogen) atoms. The number of para-hydroxylation sites is 1. The summed E-state index contributed by atoms with van der Waals surface area (Å²) in [6, 6.07) is 79.4. The van der Waals surface area contributed by atoms with Gasteiger partial charge >= 0.3 is 0 Å². The number of fused-ring (bicyclic) bond motifs is 13. The van der Waals surface area contributed by atoms with E-state index in [9.17, 15) is 0 Å². The Bertz CT molecular complexity index is 3410. The van der Waals surface area contributed by atoms with Crippen molar-refractivity contribution in [1.29, 1.82) is 0 Å². The molecule has 0 aromatic heterocycles. The molecule has 0 aliphatic heterocycles. The summed E-state index contributed by atoms with van der Waals surface area (Å²) in [5.41, 5.74) is 24.8. The molecule has 12 rings (SSSR count). The van der Waals surface area contributed by atoms with Crippen LogP contribution < -0.4 is 4.90 Å². The van der Waals surface area contributed by atoms with Gasteiger partial charge in [-0.05, 0) is 147 Å². The van der Waals surface area contributed by atoms with Crippen molar-refractivity contribution in [3.05, 3.63) is 267 Å². The van der Waals surface area contributed by atoms with Gasteiger partial charge in [-0.3, -0.25) is 0 Å². The van der Waals surface area contributed by atoms with Crippen LogP contribution in [0.5, 0.6) is 0 Å². The lowest BCUT2D eigenvalue weighted by atomic mass is 9.67. The van der Waals surface area contributed by atoms with E-state index in [1.165, 1.54) is 94.6 Å². The Labute approximate surface area is 410 Å². The molecule has 0 radical (unpaired) electrons. The lowest BCUT2D eigenvalue weighted by molar-refractivity contribution is 0.588. The molecule has 1 heteroatoms. The lowest BCUT2D eigenvalue weighted by Crippen LogP contribution is -2.29. The third-order valence-electron chi connectivity index (χ3n) is 15.9. The van der Waals surface area contributed by atoms with Crippen molar-refractivity contribution in [3.63, 3.8) is 0 Å². The van der Waals surface area contributed by atoms with Gasteiger partial charge in [0.05, 0.1) is 10.8 Å². The van der Waals surface area contributed by atoms with Gasteiger partial charge in [0.1, 0.15) is 0 Å². The first kappa shape index (κ1) is 43.1. The normalized spacial score (nSPS) is 16.1. The van der Waals surface area contributed by atoms with Crippen molar-refractivity contribution in [2.45, 2.75) is 89.4 Å². The van der Waals surface area contributed by atoms with E-state index in [1.54, 1.807) is 0 Å². The maximum absolute atomic E-state index is 2.53. The minimum absolute atomic E-state index is 0.0103. The molecule has 1 unspecified atom stereocenters. The molecular weight excluding hydrogens is 831 g/mol. The highest BCUT2D eigenvalue weighted by Crippen LogP contribution is 2.64. The summed E-state index contributed by atoms with van der Waals surface area (Å²) in [4.78, 5) is 2.50. The molecule has 338 valence electrons. The van der Waals surface area contributed by atoms with Crippen molar-refractivity contribution in [3.8, 4) is 33.4 Å². The number of rotatable bonds is 5. The number of hydrogen-bond acceptors (Lipinski definition) is 1. The van der Waals surface area contributed by atoms with E-state index < -0.39 is 10.8 Å². The number of hydrogen-bond donors (Lipinski definition) is 0. The van der Waals surface area contributed by atoms with Gasteiger partial charge in [-0.25, -0.2) is 0 Å². The monoisotopic (exact) mass is 891 g/mol. The second-order valence-corrected chi connectivity index (χ2v) is 22.9. The zero-order valence-electron chi connectivity index (χ0n) is 41.6. The van der Waals surface area contributed by atoms with Crippen molar-refractivity contribution in [1.82, 2.24) is 0 Å². The molecule has 0 N–H and O–H groups in total. The van der Waals surface area contributed by atoms with Crippen LogP contribution in [-0.2, 0) is 27.1 Å². The minimum atomic E-state index is -0.567. The molecule has 3 aliphatic rings. The summed E-state index contributed by atoms with van der Waals surface area (Å²) in [5, 5.41) is 0. The molecule has 0 saturated carbocycles. The highest BCUT2D eigenvalue weighted by molar-refractivity contribution is 5.97. The number of benzene rings is 9. The van der Waals surface area contributed by atoms with Crippen LogP contribution in [-0.4, -0.2) is 0 Å². The van der Waals surface area contributed by atoms with Crippen molar-refractivity contribution >= 4 is 17.1 Å². The summed E-state index contributed by atoms with van der Waals surface area (Å²) in [6.45, 7) is 20.8. The summed E-state index contributed by atoms with van der Waals surface area (Å²) in [6.07, 6.45) is 0. The molecule has 0 bridgehead atoms. The van der Waals surface area contributed by atoms with Crippen LogP contribution in [0.1, 0.15) is 124 Å². The first-order valence-electron chi connectivity index (χ1n) is 24.9. The van der Waals surface area contributed by atoms with Crippen LogP contribution in [0.4, 0.5) is 17.1 Å². The average Bonchev–Trinajstić information content (AvgIpc) is 3.93. The van der Waals surface area contributed by atoms with Crippen LogP contribution in [0.3, 0.4) is 0 Å². The fourth-order valence-corrected chi connectivity index (χ4v) is 12.4. The Morgan fingerprint density at radius 3 is 1.03 bits per heavy atom. The summed E-state index contributed by atoms with van der Waals surface area (Å²) in [7, 11) is 0. The largest absolute Gasteiger partial charge is 0.310 e. The van der Waals surface area contributed by atoms with Gasteiger partial charge in [0.25, 0.3) is 0 Å². The quantitative estimate of drug-likeness (QED) is 0.166. The van der Waals surface area contributed by atoms with Gasteiger partial charge in [0, 0.05) is 17.1 Å². The van der Waals surface area contributed by atoms with E-state index in [2.05, 4.69) is 273 Å². The number of anilines is 3. The van der Waals surface area contributed by atoms with E-state index >= 15 is 0 Å². The molecule has 0 amide bonds. The maximum Gasteiger partial charge on any atom is 0.0726 e. The van der Waals surface area contributed by atoms with Crippen molar-refractivity contribution < 1.29 is 0 Å². The fourth-order valence-electron chi connectivity index (χ4n) is 12.4. The van der Waals surface area contributed by atoms with Gasteiger partial charge in [-0.15, -0.1) is 0 Å². The van der Waals surface area contributed by atoms with Crippen LogP contribution in [0.15, 0.2) is 206 Å². The Morgan fingerprint density at radius 1 is 0.261 bits per heavy atom. The second-order valence-electron chi connectivity index (χ2n) is 22.9. The molecule has 0 fully saturated rings. The molecule has 0 saturated heterocycles. The van der Waals surface area contributed by atoms with Gasteiger partial charge in [-0.2, -0.15) is 0 Å². The van der Waals surface area contributed by atoms with Crippen molar-refractivity contribution in [2.24, 2.45) is 0 Å². The standard InChI is InChI=1S/C68H61N/c1-64(2,3)44-27-31-46(32-28-44)67(47-33-29-45(30-34-47)65(4,5)6)58-24-16-13-21-52(58)56-39-36-50(42-62(56)67)69(49-19-11-10-12-20-49)51-37-40-57-54-23-15-18-26-60(54)68(63(57)43-51)59-25-17-14-22-53(59)55-38-35-48(41-61(55)68)66(7,8)9/h10-43H,1-9H3. The third kappa shape index (κ3) is 6.29. The molecule has 9 aromatic carbocycles. The van der Waals surface area contributed by atoms with Crippen LogP contribution in [0.25, 0.3) is 33.4 Å². The number of nitrogens with zero attached hydrogens (tertiary/aromatic N) is 1. The zero-order valence-corrected chi connectivity index (χ0v) is 41.6. The lowest BCUT2D eigenvalue weighted by Gasteiger charge is -2.36. The van der Waals surface area contributed by atoms with E-state index in [0.717, 1.165) is 17.1 Å². The smallest absolute Gasteiger partial charge is 0.0726 e. The minimum Gasteiger partial charge on any atom is -0.310 e. The Balaban J connectivity index is 1.12. The van der Waals surface area contributed by atoms with Gasteiger partial charge in [0.15, 0.2) is 0 Å². The molecule has 9 aromatic rings. The predicted molar refractivity (Wildman–Crippen MR) is 291 cm³/mol. The first-order valence-corrected chi connectivity index (χ1v) is 24.9. The van der Waals surface area contributed by atoms with Gasteiger partial charge in [0.2, 0.25) is 0 Å². The Morgan fingerprint density at radius 2 is 0.594 bits per heavy atom. The predicted octanol–water partition coefficient (Wildman–Crippen LogP) is 17.8. The molecule has 3 aliphatic carbocycles. The van der Waals surface area contributed by atoms with Gasteiger partial charge in [-0.1, -0.05) is 232 Å². The Hall–Kier alpha value is -7.22. The highest BCUT2D eigenvalue weighted by Gasteiger charge is 2.52. The molecule has 1 nitrogen and oxygen atoms in total. The summed E-state index contributed by atoms with van der Waals surface area (Å²) < 4.78 is 0. The average molecular weight is 892 g/mol. The molecule has 1 atom stereocenters. The van der Waals surface area contributed by atoms with E-state index in [1.807, 2.05) is 0 Å². The zero-order chi connectivity index (χ0) is 47.7. The van der Waals surface area contributed by atoms with Crippen LogP contribution in [0, 0.1) is 0 Å². The first-order chi connectivity index (χ1) is 33.1. The topological polar surface area (TPSA) is 3.24 Å². The van der Waals surface area contributed by atoms with E-state index in [4.69, 9.17) is 0 Å². The second kappa shape index (κ2) is 15.1. The SMILES string of the molecule is CC(C)(C)c1ccc(C2(c3ccc(C(C)(C)C)cc3)c3ccccc3-c3ccc(N(c4ccccc4)c4ccc5c(c4)C4(c6ccccc6-5)c5ccccc5-c5ccc(C(C)(C)C)cc54)cc32)cc1. The molecule has 0 heterocycles.